The van der Waals surface area contributed by atoms with Crippen molar-refractivity contribution in [2.24, 2.45) is 5.92 Å². The lowest BCUT2D eigenvalue weighted by Gasteiger charge is -2.16. The van der Waals surface area contributed by atoms with Crippen molar-refractivity contribution in [3.8, 4) is 5.75 Å². The van der Waals surface area contributed by atoms with Crippen molar-refractivity contribution in [1.29, 1.82) is 0 Å². The lowest BCUT2D eigenvalue weighted by atomic mass is 10.1. The molecule has 2 unspecified atom stereocenters. The van der Waals surface area contributed by atoms with Gasteiger partial charge in [-0.3, -0.25) is 0 Å². The Morgan fingerprint density at radius 2 is 2.14 bits per heavy atom. The first kappa shape index (κ1) is 14.0. The van der Waals surface area contributed by atoms with Gasteiger partial charge in [-0.2, -0.15) is 0 Å². The Labute approximate surface area is 135 Å². The summed E-state index contributed by atoms with van der Waals surface area (Å²) in [5.74, 6) is 1.90. The summed E-state index contributed by atoms with van der Waals surface area (Å²) in [7, 11) is 0. The highest BCUT2D eigenvalue weighted by atomic mass is 79.9. The maximum Gasteiger partial charge on any atom is 0.123 e. The second kappa shape index (κ2) is 5.90. The molecular weight excluding hydrogens is 328 g/mol. The van der Waals surface area contributed by atoms with Gasteiger partial charge in [0.15, 0.2) is 0 Å². The fourth-order valence-corrected chi connectivity index (χ4v) is 4.06. The van der Waals surface area contributed by atoms with Crippen molar-refractivity contribution in [3.05, 3.63) is 28.2 Å². The van der Waals surface area contributed by atoms with Gasteiger partial charge in [-0.05, 0) is 62.0 Å². The molecule has 1 aromatic rings. The fourth-order valence-electron chi connectivity index (χ4n) is 3.65. The van der Waals surface area contributed by atoms with Crippen LogP contribution >= 0.6 is 15.9 Å². The highest BCUT2D eigenvalue weighted by Crippen LogP contribution is 2.32. The number of halogens is 1. The molecule has 1 aliphatic carbocycles. The highest BCUT2D eigenvalue weighted by molar-refractivity contribution is 9.10. The second-order valence-corrected chi connectivity index (χ2v) is 7.65. The van der Waals surface area contributed by atoms with E-state index in [1.54, 1.807) is 0 Å². The van der Waals surface area contributed by atoms with E-state index >= 15 is 0 Å². The van der Waals surface area contributed by atoms with Crippen LogP contribution in [0.1, 0.15) is 24.8 Å². The molecule has 21 heavy (non-hydrogen) atoms. The highest BCUT2D eigenvalue weighted by Gasteiger charge is 2.34. The van der Waals surface area contributed by atoms with Crippen molar-refractivity contribution < 1.29 is 4.74 Å². The number of hydrogen-bond acceptors (Lipinski definition) is 3. The van der Waals surface area contributed by atoms with Gasteiger partial charge in [0, 0.05) is 30.0 Å². The smallest absolute Gasteiger partial charge is 0.123 e. The average Bonchev–Trinajstić information content (AvgIpc) is 3.08. The number of rotatable bonds is 5. The molecule has 0 aromatic heterocycles. The van der Waals surface area contributed by atoms with E-state index in [-0.39, 0.29) is 0 Å². The summed E-state index contributed by atoms with van der Waals surface area (Å²) in [6, 6.07) is 7.24. The van der Waals surface area contributed by atoms with Gasteiger partial charge in [-0.25, -0.2) is 0 Å². The van der Waals surface area contributed by atoms with E-state index in [4.69, 9.17) is 4.74 Å². The second-order valence-electron chi connectivity index (χ2n) is 6.74. The molecule has 1 N–H and O–H groups in total. The molecule has 114 valence electrons. The normalized spacial score (nSPS) is 28.6. The zero-order chi connectivity index (χ0) is 14.2. The van der Waals surface area contributed by atoms with E-state index in [0.717, 1.165) is 41.7 Å². The Bertz CT molecular complexity index is 518. The predicted molar refractivity (Wildman–Crippen MR) is 87.8 cm³/mol. The molecule has 3 nitrogen and oxygen atoms in total. The van der Waals surface area contributed by atoms with E-state index < -0.39 is 0 Å². The summed E-state index contributed by atoms with van der Waals surface area (Å²) in [5, 5.41) is 3.64. The van der Waals surface area contributed by atoms with E-state index in [1.807, 2.05) is 0 Å². The van der Waals surface area contributed by atoms with Crippen LogP contribution in [0.3, 0.4) is 0 Å². The number of nitrogens with zero attached hydrogens (tertiary/aromatic N) is 1. The quantitative estimate of drug-likeness (QED) is 0.883. The van der Waals surface area contributed by atoms with Crippen LogP contribution in [0.15, 0.2) is 22.7 Å². The van der Waals surface area contributed by atoms with Gasteiger partial charge in [0.25, 0.3) is 0 Å². The van der Waals surface area contributed by atoms with Gasteiger partial charge < -0.3 is 15.0 Å². The summed E-state index contributed by atoms with van der Waals surface area (Å²) in [6.45, 7) is 4.72. The molecule has 4 rings (SSSR count). The Kier molecular flexibility index (Phi) is 3.94. The molecule has 0 radical (unpaired) electrons. The van der Waals surface area contributed by atoms with Crippen molar-refractivity contribution >= 4 is 15.9 Å². The van der Waals surface area contributed by atoms with Crippen molar-refractivity contribution in [1.82, 2.24) is 10.2 Å². The monoisotopic (exact) mass is 350 g/mol. The first-order chi connectivity index (χ1) is 10.3. The first-order valence-electron chi connectivity index (χ1n) is 8.18. The molecule has 1 aromatic carbocycles. The topological polar surface area (TPSA) is 24.5 Å². The Morgan fingerprint density at radius 1 is 1.24 bits per heavy atom. The van der Waals surface area contributed by atoms with Gasteiger partial charge >= 0.3 is 0 Å². The van der Waals surface area contributed by atoms with Gasteiger partial charge in [0.1, 0.15) is 11.9 Å². The zero-order valence-corrected chi connectivity index (χ0v) is 13.9. The molecule has 4 heteroatoms. The standard InChI is InChI=1S/C17H23BrN2O/c18-14-1-4-17-13(7-14)8-16(21-17)10-19-9-12-5-6-20(11-12)15-2-3-15/h1,4,7,12,15-16,19H,2-3,5-6,8-11H2. The molecule has 1 saturated heterocycles. The van der Waals surface area contributed by atoms with E-state index in [2.05, 4.69) is 44.3 Å². The SMILES string of the molecule is Brc1ccc2c(c1)CC(CNCC1CCN(C3CC3)C1)O2. The van der Waals surface area contributed by atoms with Crippen LogP contribution in [0.4, 0.5) is 0 Å². The molecule has 3 aliphatic rings. The molecule has 2 fully saturated rings. The largest absolute Gasteiger partial charge is 0.488 e. The van der Waals surface area contributed by atoms with Crippen molar-refractivity contribution in [3.63, 3.8) is 0 Å². The van der Waals surface area contributed by atoms with E-state index in [1.165, 1.54) is 37.9 Å². The Hall–Kier alpha value is -0.580. The van der Waals surface area contributed by atoms with Crippen LogP contribution < -0.4 is 10.1 Å². The maximum atomic E-state index is 6.00. The molecule has 0 spiro atoms. The third kappa shape index (κ3) is 3.27. The summed E-state index contributed by atoms with van der Waals surface area (Å²) >= 11 is 3.53. The van der Waals surface area contributed by atoms with Crippen LogP contribution in [0.25, 0.3) is 0 Å². The average molecular weight is 351 g/mol. The molecule has 0 amide bonds. The van der Waals surface area contributed by atoms with Gasteiger partial charge in [-0.15, -0.1) is 0 Å². The van der Waals surface area contributed by atoms with E-state index in [0.29, 0.717) is 6.10 Å². The van der Waals surface area contributed by atoms with Gasteiger partial charge in [0.2, 0.25) is 0 Å². The minimum atomic E-state index is 0.301. The number of fused-ring (bicyclic) bond motifs is 1. The van der Waals surface area contributed by atoms with Crippen molar-refractivity contribution in [2.75, 3.05) is 26.2 Å². The number of nitrogens with one attached hydrogen (secondary N) is 1. The Morgan fingerprint density at radius 3 is 3.00 bits per heavy atom. The number of likely N-dealkylation sites (tertiary alicyclic amines) is 1. The van der Waals surface area contributed by atoms with Gasteiger partial charge in [-0.1, -0.05) is 15.9 Å². The van der Waals surface area contributed by atoms with Crippen molar-refractivity contribution in [2.45, 2.75) is 37.8 Å². The summed E-state index contributed by atoms with van der Waals surface area (Å²) in [4.78, 5) is 2.69. The number of ether oxygens (including phenoxy) is 1. The molecule has 0 bridgehead atoms. The minimum Gasteiger partial charge on any atom is -0.488 e. The predicted octanol–water partition coefficient (Wildman–Crippen LogP) is 2.83. The molecule has 2 aliphatic heterocycles. The minimum absolute atomic E-state index is 0.301. The summed E-state index contributed by atoms with van der Waals surface area (Å²) in [5.41, 5.74) is 1.33. The first-order valence-corrected chi connectivity index (χ1v) is 8.97. The summed E-state index contributed by atoms with van der Waals surface area (Å²) < 4.78 is 7.15. The lowest BCUT2D eigenvalue weighted by molar-refractivity contribution is 0.224. The fraction of sp³-hybridized carbons (Fsp3) is 0.647. The van der Waals surface area contributed by atoms with Crippen LogP contribution in [-0.2, 0) is 6.42 Å². The maximum absolute atomic E-state index is 6.00. The van der Waals surface area contributed by atoms with E-state index in [9.17, 15) is 0 Å². The van der Waals surface area contributed by atoms with Crippen LogP contribution in [0.2, 0.25) is 0 Å². The zero-order valence-electron chi connectivity index (χ0n) is 12.4. The van der Waals surface area contributed by atoms with Gasteiger partial charge in [0.05, 0.1) is 0 Å². The van der Waals surface area contributed by atoms with Crippen LogP contribution in [0, 0.1) is 5.92 Å². The molecule has 2 heterocycles. The Balaban J connectivity index is 1.20. The third-order valence-corrected chi connectivity index (χ3v) is 5.44. The third-order valence-electron chi connectivity index (χ3n) is 4.95. The van der Waals surface area contributed by atoms with Crippen LogP contribution in [-0.4, -0.2) is 43.2 Å². The summed E-state index contributed by atoms with van der Waals surface area (Å²) in [6.07, 6.45) is 5.56. The number of hydrogen-bond donors (Lipinski definition) is 1. The molecule has 1 saturated carbocycles. The number of benzene rings is 1. The molecular formula is C17H23BrN2O. The lowest BCUT2D eigenvalue weighted by Crippen LogP contribution is -2.34. The molecule has 2 atom stereocenters. The van der Waals surface area contributed by atoms with Crippen LogP contribution in [0.5, 0.6) is 5.75 Å².